The average Bonchev–Trinajstić information content (AvgIpc) is 1.35. The average molecular weight is 208 g/mol. The Balaban J connectivity index is 3.17. The van der Waals surface area contributed by atoms with E-state index in [0.717, 1.165) is 0 Å². The van der Waals surface area contributed by atoms with Gasteiger partial charge in [-0.1, -0.05) is 0 Å². The summed E-state index contributed by atoms with van der Waals surface area (Å²) in [4.78, 5) is 0. The van der Waals surface area contributed by atoms with E-state index >= 15 is 0 Å². The molecule has 4 heteroatoms. The molecule has 0 radical (unpaired) electrons. The van der Waals surface area contributed by atoms with Gasteiger partial charge in [-0.25, -0.2) is 0 Å². The van der Waals surface area contributed by atoms with Crippen LogP contribution in [0.1, 0.15) is 0 Å². The molecule has 6 heavy (non-hydrogen) atoms. The van der Waals surface area contributed by atoms with Crippen molar-refractivity contribution >= 4 is 43.0 Å². The van der Waals surface area contributed by atoms with Crippen molar-refractivity contribution < 1.29 is 0 Å². The molecule has 0 aliphatic carbocycles. The predicted octanol–water partition coefficient (Wildman–Crippen LogP) is 2.31. The van der Waals surface area contributed by atoms with Gasteiger partial charge in [-0.15, -0.1) is 0 Å². The maximum absolute atomic E-state index is 5.54. The second kappa shape index (κ2) is 2.65. The SMILES string of the molecule is [CH3][Ge]([Cl])([Cl])[CH2]Cl. The number of hydrogen-bond acceptors (Lipinski definition) is 0. The van der Waals surface area contributed by atoms with Gasteiger partial charge in [0.2, 0.25) is 0 Å². The topological polar surface area (TPSA) is 0 Å². The number of rotatable bonds is 1. The van der Waals surface area contributed by atoms with Gasteiger partial charge in [0, 0.05) is 0 Å². The summed E-state index contributed by atoms with van der Waals surface area (Å²) in [7, 11) is 11.1. The zero-order valence-electron chi connectivity index (χ0n) is 3.34. The normalized spacial score (nSPS) is 12.0. The summed E-state index contributed by atoms with van der Waals surface area (Å²) in [5, 5.41) is 0. The van der Waals surface area contributed by atoms with Crippen LogP contribution in [0.3, 0.4) is 0 Å². The Morgan fingerprint density at radius 1 is 1.50 bits per heavy atom. The van der Waals surface area contributed by atoms with Crippen LogP contribution in [0.4, 0.5) is 0 Å². The first-order valence-electron chi connectivity index (χ1n) is 1.50. The molecular formula is C2H5Cl3Ge. The molecule has 0 spiro atoms. The summed E-state index contributed by atoms with van der Waals surface area (Å²) < 4.78 is 0.461. The molecule has 0 bridgehead atoms. The molecule has 0 aliphatic rings. The molecular weight excluding hydrogens is 203 g/mol. The molecule has 0 aromatic heterocycles. The Morgan fingerprint density at radius 2 is 1.67 bits per heavy atom. The van der Waals surface area contributed by atoms with Crippen molar-refractivity contribution in [2.45, 2.75) is 5.76 Å². The third-order valence-corrected chi connectivity index (χ3v) is 6.81. The molecule has 0 nitrogen and oxygen atoms in total. The minimum absolute atomic E-state index is 0.461. The Morgan fingerprint density at radius 3 is 1.67 bits per heavy atom. The molecule has 0 fully saturated rings. The summed E-state index contributed by atoms with van der Waals surface area (Å²) >= 11 is 2.97. The Hall–Kier alpha value is 1.41. The minimum atomic E-state index is -2.33. The molecule has 38 valence electrons. The molecule has 0 saturated heterocycles. The number of alkyl halides is 1. The van der Waals surface area contributed by atoms with Gasteiger partial charge in [0.05, 0.1) is 0 Å². The maximum atomic E-state index is 5.54. The van der Waals surface area contributed by atoms with Crippen LogP contribution in [0.25, 0.3) is 0 Å². The van der Waals surface area contributed by atoms with E-state index in [0.29, 0.717) is 4.71 Å². The third-order valence-electron chi connectivity index (χ3n) is 0.235. The van der Waals surface area contributed by atoms with Crippen molar-refractivity contribution in [3.05, 3.63) is 0 Å². The summed E-state index contributed by atoms with van der Waals surface area (Å²) in [5.74, 6) is 1.83. The van der Waals surface area contributed by atoms with E-state index in [1.54, 1.807) is 0 Å². The van der Waals surface area contributed by atoms with Gasteiger partial charge >= 0.3 is 53.5 Å². The van der Waals surface area contributed by atoms with Gasteiger partial charge < -0.3 is 0 Å². The molecule has 0 aromatic carbocycles. The number of halogens is 3. The molecule has 0 amide bonds. The van der Waals surface area contributed by atoms with Gasteiger partial charge in [0.1, 0.15) is 0 Å². The molecule has 0 heterocycles. The van der Waals surface area contributed by atoms with Crippen LogP contribution < -0.4 is 0 Å². The molecule has 0 N–H and O–H groups in total. The molecule has 0 saturated carbocycles. The molecule has 0 aromatic rings. The van der Waals surface area contributed by atoms with Crippen LogP contribution in [0, 0.1) is 0 Å². The van der Waals surface area contributed by atoms with Crippen LogP contribution in [0.5, 0.6) is 0 Å². The van der Waals surface area contributed by atoms with Crippen LogP contribution >= 0.6 is 31.6 Å². The first-order valence-corrected chi connectivity index (χ1v) is 11.1. The van der Waals surface area contributed by atoms with Crippen molar-refractivity contribution in [3.8, 4) is 0 Å². The first kappa shape index (κ1) is 7.41. The molecule has 0 unspecified atom stereocenters. The summed E-state index contributed by atoms with van der Waals surface area (Å²) in [6.07, 6.45) is 0. The van der Waals surface area contributed by atoms with E-state index in [4.69, 9.17) is 31.6 Å². The third kappa shape index (κ3) is 5.41. The van der Waals surface area contributed by atoms with Gasteiger partial charge in [0.15, 0.2) is 0 Å². The Kier molecular flexibility index (Phi) is 3.28. The van der Waals surface area contributed by atoms with Gasteiger partial charge in [-0.05, 0) is 0 Å². The van der Waals surface area contributed by atoms with E-state index in [9.17, 15) is 0 Å². The van der Waals surface area contributed by atoms with Crippen LogP contribution in [-0.4, -0.2) is 16.1 Å². The molecule has 0 atom stereocenters. The zero-order valence-corrected chi connectivity index (χ0v) is 7.71. The van der Waals surface area contributed by atoms with E-state index < -0.39 is 11.4 Å². The fourth-order valence-electron chi connectivity index (χ4n) is 0. The van der Waals surface area contributed by atoms with Crippen LogP contribution in [0.2, 0.25) is 5.76 Å². The molecule has 0 aliphatic heterocycles. The van der Waals surface area contributed by atoms with Gasteiger partial charge in [0.25, 0.3) is 0 Å². The Bertz CT molecular complexity index is 38.5. The van der Waals surface area contributed by atoms with Crippen molar-refractivity contribution in [2.24, 2.45) is 0 Å². The summed E-state index contributed by atoms with van der Waals surface area (Å²) in [6.45, 7) is 0. The van der Waals surface area contributed by atoms with Gasteiger partial charge in [-0.3, -0.25) is 0 Å². The predicted molar refractivity (Wildman–Crippen MR) is 34.0 cm³/mol. The first-order chi connectivity index (χ1) is 2.56. The van der Waals surface area contributed by atoms with E-state index in [1.807, 2.05) is 5.76 Å². The van der Waals surface area contributed by atoms with E-state index in [2.05, 4.69) is 0 Å². The quantitative estimate of drug-likeness (QED) is 0.458. The second-order valence-electron chi connectivity index (χ2n) is 1.20. The fraction of sp³-hybridized carbons (Fsp3) is 1.00. The monoisotopic (exact) mass is 208 g/mol. The van der Waals surface area contributed by atoms with Gasteiger partial charge in [-0.2, -0.15) is 0 Å². The van der Waals surface area contributed by atoms with Crippen molar-refractivity contribution in [1.82, 2.24) is 0 Å². The van der Waals surface area contributed by atoms with Crippen LogP contribution in [0.15, 0.2) is 0 Å². The van der Waals surface area contributed by atoms with Crippen molar-refractivity contribution in [3.63, 3.8) is 0 Å². The van der Waals surface area contributed by atoms with Crippen LogP contribution in [-0.2, 0) is 0 Å². The standard InChI is InChI=1S/C2H5Cl3Ge/c1-6(4,5)2-3/h2H2,1H3. The van der Waals surface area contributed by atoms with E-state index in [-0.39, 0.29) is 0 Å². The fourth-order valence-corrected chi connectivity index (χ4v) is 0. The summed E-state index contributed by atoms with van der Waals surface area (Å²) in [6, 6.07) is 0. The zero-order chi connectivity index (χ0) is 5.21. The van der Waals surface area contributed by atoms with Crippen molar-refractivity contribution in [2.75, 3.05) is 4.71 Å². The summed E-state index contributed by atoms with van der Waals surface area (Å²) in [5.41, 5.74) is 0. The van der Waals surface area contributed by atoms with E-state index in [1.165, 1.54) is 0 Å². The molecule has 0 rings (SSSR count). The number of hydrogen-bond donors (Lipinski definition) is 0. The second-order valence-corrected chi connectivity index (χ2v) is 17.3. The van der Waals surface area contributed by atoms with Crippen molar-refractivity contribution in [1.29, 1.82) is 0 Å². The Labute approximate surface area is 53.5 Å².